The van der Waals surface area contributed by atoms with Crippen LogP contribution < -0.4 is 0 Å². The van der Waals surface area contributed by atoms with Crippen molar-refractivity contribution < 1.29 is 4.79 Å². The van der Waals surface area contributed by atoms with Crippen LogP contribution in [0.3, 0.4) is 0 Å². The zero-order chi connectivity index (χ0) is 11.3. The molecule has 0 spiro atoms. The van der Waals surface area contributed by atoms with Crippen LogP contribution in [0.15, 0.2) is 24.3 Å². The van der Waals surface area contributed by atoms with Gasteiger partial charge in [-0.2, -0.15) is 0 Å². The number of halogens is 1. The molecular formula is C13H17IO. The molecule has 0 aliphatic carbocycles. The van der Waals surface area contributed by atoms with Gasteiger partial charge in [-0.05, 0) is 47.1 Å². The molecule has 0 aromatic heterocycles. The minimum atomic E-state index is 0.272. The largest absolute Gasteiger partial charge is 0.294 e. The molecule has 1 nitrogen and oxygen atoms in total. The summed E-state index contributed by atoms with van der Waals surface area (Å²) in [4.78, 5) is 11.8. The van der Waals surface area contributed by atoms with E-state index in [1.807, 2.05) is 24.3 Å². The third-order valence-corrected chi connectivity index (χ3v) is 3.00. The zero-order valence-electron chi connectivity index (χ0n) is 9.29. The summed E-state index contributed by atoms with van der Waals surface area (Å²) in [7, 11) is 0. The van der Waals surface area contributed by atoms with Crippen LogP contribution in [0.1, 0.15) is 43.5 Å². The molecular weight excluding hydrogens is 299 g/mol. The average Bonchev–Trinajstić information content (AvgIpc) is 2.17. The van der Waals surface area contributed by atoms with Crippen LogP contribution >= 0.6 is 22.6 Å². The van der Waals surface area contributed by atoms with E-state index in [0.717, 1.165) is 22.0 Å². The molecule has 1 aromatic carbocycles. The van der Waals surface area contributed by atoms with Crippen molar-refractivity contribution in [2.75, 3.05) is 0 Å². The fourth-order valence-electron chi connectivity index (χ4n) is 1.48. The van der Waals surface area contributed by atoms with Crippen LogP contribution in [0.25, 0.3) is 0 Å². The Labute approximate surface area is 105 Å². The molecule has 0 saturated carbocycles. The van der Waals surface area contributed by atoms with Crippen molar-refractivity contribution in [3.05, 3.63) is 33.4 Å². The Bertz CT molecular complexity index is 331. The summed E-state index contributed by atoms with van der Waals surface area (Å²) < 4.78 is 1.13. The molecule has 0 atom stereocenters. The lowest BCUT2D eigenvalue weighted by atomic mass is 10.0. The van der Waals surface area contributed by atoms with Gasteiger partial charge in [-0.15, -0.1) is 0 Å². The topological polar surface area (TPSA) is 17.1 Å². The summed E-state index contributed by atoms with van der Waals surface area (Å²) in [5, 5.41) is 0. The Morgan fingerprint density at radius 3 is 2.73 bits per heavy atom. The summed E-state index contributed by atoms with van der Waals surface area (Å²) in [6, 6.07) is 7.81. The van der Waals surface area contributed by atoms with Crippen molar-refractivity contribution in [3.63, 3.8) is 0 Å². The van der Waals surface area contributed by atoms with Gasteiger partial charge in [0.1, 0.15) is 0 Å². The summed E-state index contributed by atoms with van der Waals surface area (Å²) >= 11 is 2.23. The molecule has 0 unspecified atom stereocenters. The summed E-state index contributed by atoms with van der Waals surface area (Å²) in [5.41, 5.74) is 0.852. The van der Waals surface area contributed by atoms with E-state index in [1.54, 1.807) is 0 Å². The maximum atomic E-state index is 11.8. The van der Waals surface area contributed by atoms with Crippen molar-refractivity contribution in [2.24, 2.45) is 5.92 Å². The van der Waals surface area contributed by atoms with Gasteiger partial charge in [-0.1, -0.05) is 32.4 Å². The van der Waals surface area contributed by atoms with Crippen molar-refractivity contribution >= 4 is 28.4 Å². The van der Waals surface area contributed by atoms with E-state index in [-0.39, 0.29) is 5.78 Å². The molecule has 0 saturated heterocycles. The number of benzene rings is 1. The van der Waals surface area contributed by atoms with Gasteiger partial charge in [0.2, 0.25) is 0 Å². The van der Waals surface area contributed by atoms with Crippen molar-refractivity contribution in [3.8, 4) is 0 Å². The smallest absolute Gasteiger partial charge is 0.162 e. The van der Waals surface area contributed by atoms with Gasteiger partial charge >= 0.3 is 0 Å². The minimum absolute atomic E-state index is 0.272. The SMILES string of the molecule is CC(C)CCCC(=O)c1cccc(I)c1. The highest BCUT2D eigenvalue weighted by Crippen LogP contribution is 2.13. The normalized spacial score (nSPS) is 10.7. The van der Waals surface area contributed by atoms with Crippen LogP contribution in [0.2, 0.25) is 0 Å². The highest BCUT2D eigenvalue weighted by molar-refractivity contribution is 14.1. The number of carbonyl (C=O) groups is 1. The number of hydrogen-bond acceptors (Lipinski definition) is 1. The molecule has 2 heteroatoms. The standard InChI is InChI=1S/C13H17IO/c1-10(2)5-3-8-13(15)11-6-4-7-12(14)9-11/h4,6-7,9-10H,3,5,8H2,1-2H3. The van der Waals surface area contributed by atoms with Crippen LogP contribution in [-0.4, -0.2) is 5.78 Å². The fourth-order valence-corrected chi connectivity index (χ4v) is 2.02. The Morgan fingerprint density at radius 2 is 2.13 bits per heavy atom. The lowest BCUT2D eigenvalue weighted by Crippen LogP contribution is -2.00. The zero-order valence-corrected chi connectivity index (χ0v) is 11.5. The Morgan fingerprint density at radius 1 is 1.40 bits per heavy atom. The summed E-state index contributed by atoms with van der Waals surface area (Å²) in [5.74, 6) is 0.961. The lowest BCUT2D eigenvalue weighted by Gasteiger charge is -2.04. The first kappa shape index (κ1) is 12.7. The molecule has 0 heterocycles. The summed E-state index contributed by atoms with van der Waals surface area (Å²) in [6.07, 6.45) is 2.82. The molecule has 0 N–H and O–H groups in total. The molecule has 82 valence electrons. The quantitative estimate of drug-likeness (QED) is 0.585. The monoisotopic (exact) mass is 316 g/mol. The molecule has 0 amide bonds. The molecule has 15 heavy (non-hydrogen) atoms. The van der Waals surface area contributed by atoms with Crippen LogP contribution in [0, 0.1) is 9.49 Å². The van der Waals surface area contributed by atoms with Gasteiger partial charge in [0.05, 0.1) is 0 Å². The second-order valence-corrected chi connectivity index (χ2v) is 5.47. The molecule has 0 aliphatic rings. The number of Topliss-reactive ketones (excluding diaryl/α,β-unsaturated/α-hetero) is 1. The predicted molar refractivity (Wildman–Crippen MR) is 72.2 cm³/mol. The maximum Gasteiger partial charge on any atom is 0.162 e. The first-order valence-electron chi connectivity index (χ1n) is 5.38. The van der Waals surface area contributed by atoms with Crippen LogP contribution in [-0.2, 0) is 0 Å². The molecule has 1 aromatic rings. The van der Waals surface area contributed by atoms with E-state index in [2.05, 4.69) is 36.4 Å². The third-order valence-electron chi connectivity index (χ3n) is 2.33. The Kier molecular flexibility index (Phi) is 5.29. The number of carbonyl (C=O) groups excluding carboxylic acids is 1. The molecule has 0 aliphatic heterocycles. The van der Waals surface area contributed by atoms with E-state index in [0.29, 0.717) is 12.3 Å². The highest BCUT2D eigenvalue weighted by atomic mass is 127. The average molecular weight is 316 g/mol. The molecule has 1 rings (SSSR count). The predicted octanol–water partition coefficient (Wildman–Crippen LogP) is 4.30. The molecule has 0 radical (unpaired) electrons. The highest BCUT2D eigenvalue weighted by Gasteiger charge is 2.06. The first-order valence-corrected chi connectivity index (χ1v) is 6.46. The van der Waals surface area contributed by atoms with Crippen LogP contribution in [0.4, 0.5) is 0 Å². The van der Waals surface area contributed by atoms with E-state index < -0.39 is 0 Å². The second kappa shape index (κ2) is 6.26. The van der Waals surface area contributed by atoms with E-state index in [4.69, 9.17) is 0 Å². The Hall–Kier alpha value is -0.380. The number of hydrogen-bond donors (Lipinski definition) is 0. The maximum absolute atomic E-state index is 11.8. The molecule has 0 fully saturated rings. The lowest BCUT2D eigenvalue weighted by molar-refractivity contribution is 0.0978. The summed E-state index contributed by atoms with van der Waals surface area (Å²) in [6.45, 7) is 4.38. The van der Waals surface area contributed by atoms with E-state index in [1.165, 1.54) is 0 Å². The van der Waals surface area contributed by atoms with Gasteiger partial charge in [0, 0.05) is 15.6 Å². The van der Waals surface area contributed by atoms with Crippen molar-refractivity contribution in [1.29, 1.82) is 0 Å². The van der Waals surface area contributed by atoms with E-state index in [9.17, 15) is 4.79 Å². The second-order valence-electron chi connectivity index (χ2n) is 4.22. The molecule has 0 bridgehead atoms. The Balaban J connectivity index is 2.47. The van der Waals surface area contributed by atoms with Crippen LogP contribution in [0.5, 0.6) is 0 Å². The van der Waals surface area contributed by atoms with Crippen molar-refractivity contribution in [2.45, 2.75) is 33.1 Å². The van der Waals surface area contributed by atoms with Gasteiger partial charge in [-0.25, -0.2) is 0 Å². The van der Waals surface area contributed by atoms with Gasteiger partial charge in [0.15, 0.2) is 5.78 Å². The fraction of sp³-hybridized carbons (Fsp3) is 0.462. The van der Waals surface area contributed by atoms with Gasteiger partial charge in [0.25, 0.3) is 0 Å². The minimum Gasteiger partial charge on any atom is -0.294 e. The number of rotatable bonds is 5. The van der Waals surface area contributed by atoms with Crippen molar-refractivity contribution in [1.82, 2.24) is 0 Å². The first-order chi connectivity index (χ1) is 7.09. The van der Waals surface area contributed by atoms with Gasteiger partial charge in [-0.3, -0.25) is 4.79 Å². The number of ketones is 1. The van der Waals surface area contributed by atoms with E-state index >= 15 is 0 Å². The van der Waals surface area contributed by atoms with Gasteiger partial charge < -0.3 is 0 Å². The third kappa shape index (κ3) is 4.78.